The van der Waals surface area contributed by atoms with Crippen molar-refractivity contribution in [1.29, 1.82) is 0 Å². The Hall–Kier alpha value is -2.28. The van der Waals surface area contributed by atoms with E-state index in [0.29, 0.717) is 29.5 Å². The molecule has 2 aromatic rings. The SMILES string of the molecule is O=C(CC1CCCC1)N1CCC2(CC1)C[C@@H](Cc1nc(-c3cccnc3)no1)CCO2. The van der Waals surface area contributed by atoms with E-state index < -0.39 is 0 Å². The molecule has 1 aliphatic carbocycles. The molecule has 2 saturated heterocycles. The molecule has 7 heteroatoms. The molecule has 5 rings (SSSR count). The Morgan fingerprint density at radius 3 is 2.77 bits per heavy atom. The van der Waals surface area contributed by atoms with Crippen molar-refractivity contribution >= 4 is 5.91 Å². The maximum Gasteiger partial charge on any atom is 0.227 e. The van der Waals surface area contributed by atoms with Crippen LogP contribution in [0.15, 0.2) is 29.0 Å². The lowest BCUT2D eigenvalue weighted by molar-refractivity contribution is -0.148. The van der Waals surface area contributed by atoms with Crippen LogP contribution >= 0.6 is 0 Å². The molecule has 7 nitrogen and oxygen atoms in total. The van der Waals surface area contributed by atoms with Gasteiger partial charge in [0.1, 0.15) is 0 Å². The number of carbonyl (C=O) groups is 1. The van der Waals surface area contributed by atoms with Crippen LogP contribution in [-0.4, -0.2) is 51.2 Å². The summed E-state index contributed by atoms with van der Waals surface area (Å²) in [6.07, 6.45) is 13.9. The minimum absolute atomic E-state index is 0.0980. The third-order valence-corrected chi connectivity index (χ3v) is 7.41. The Morgan fingerprint density at radius 2 is 2.00 bits per heavy atom. The zero-order valence-corrected chi connectivity index (χ0v) is 18.2. The summed E-state index contributed by atoms with van der Waals surface area (Å²) in [5, 5.41) is 4.13. The monoisotopic (exact) mass is 424 g/mol. The highest BCUT2D eigenvalue weighted by molar-refractivity contribution is 5.76. The molecule has 0 N–H and O–H groups in total. The number of carbonyl (C=O) groups excluding carboxylic acids is 1. The van der Waals surface area contributed by atoms with Crippen molar-refractivity contribution in [3.8, 4) is 11.4 Å². The van der Waals surface area contributed by atoms with Crippen LogP contribution < -0.4 is 0 Å². The normalized spacial score (nSPS) is 24.0. The second-order valence-electron chi connectivity index (χ2n) is 9.58. The average molecular weight is 425 g/mol. The lowest BCUT2D eigenvalue weighted by Crippen LogP contribution is -2.51. The summed E-state index contributed by atoms with van der Waals surface area (Å²) in [6, 6.07) is 3.81. The highest BCUT2D eigenvalue weighted by atomic mass is 16.5. The van der Waals surface area contributed by atoms with Crippen LogP contribution in [-0.2, 0) is 16.0 Å². The number of piperidine rings is 1. The predicted octanol–water partition coefficient (Wildman–Crippen LogP) is 4.04. The van der Waals surface area contributed by atoms with E-state index >= 15 is 0 Å². The van der Waals surface area contributed by atoms with Crippen molar-refractivity contribution in [2.24, 2.45) is 11.8 Å². The van der Waals surface area contributed by atoms with E-state index in [1.807, 2.05) is 12.1 Å². The number of ether oxygens (including phenoxy) is 1. The summed E-state index contributed by atoms with van der Waals surface area (Å²) in [6.45, 7) is 2.41. The number of aromatic nitrogens is 3. The Kier molecular flexibility index (Phi) is 6.03. The summed E-state index contributed by atoms with van der Waals surface area (Å²) >= 11 is 0. The third-order valence-electron chi connectivity index (χ3n) is 7.41. The fraction of sp³-hybridized carbons (Fsp3) is 0.667. The van der Waals surface area contributed by atoms with Crippen molar-refractivity contribution in [2.45, 2.75) is 69.8 Å². The highest BCUT2D eigenvalue weighted by Crippen LogP contribution is 2.39. The molecule has 1 amide bonds. The molecular formula is C24H32N4O3. The van der Waals surface area contributed by atoms with Crippen molar-refractivity contribution in [3.63, 3.8) is 0 Å². The second kappa shape index (κ2) is 9.07. The fourth-order valence-corrected chi connectivity index (χ4v) is 5.60. The number of hydrogen-bond acceptors (Lipinski definition) is 6. The Balaban J connectivity index is 1.15. The number of likely N-dealkylation sites (tertiary alicyclic amines) is 1. The summed E-state index contributed by atoms with van der Waals surface area (Å²) in [5.74, 6) is 2.72. The van der Waals surface area contributed by atoms with Gasteiger partial charge in [-0.2, -0.15) is 4.98 Å². The molecule has 2 aliphatic heterocycles. The zero-order chi connectivity index (χ0) is 21.1. The van der Waals surface area contributed by atoms with Gasteiger partial charge in [-0.25, -0.2) is 0 Å². The average Bonchev–Trinajstić information content (AvgIpc) is 3.47. The van der Waals surface area contributed by atoms with Crippen LogP contribution in [0, 0.1) is 11.8 Å². The molecule has 0 aromatic carbocycles. The number of amides is 1. The van der Waals surface area contributed by atoms with Gasteiger partial charge in [-0.3, -0.25) is 9.78 Å². The van der Waals surface area contributed by atoms with E-state index in [-0.39, 0.29) is 5.60 Å². The largest absolute Gasteiger partial charge is 0.375 e. The van der Waals surface area contributed by atoms with Gasteiger partial charge in [-0.1, -0.05) is 18.0 Å². The maximum atomic E-state index is 12.7. The minimum atomic E-state index is -0.0980. The molecule has 0 bridgehead atoms. The first-order valence-corrected chi connectivity index (χ1v) is 11.8. The Morgan fingerprint density at radius 1 is 1.16 bits per heavy atom. The van der Waals surface area contributed by atoms with Gasteiger partial charge in [0.15, 0.2) is 0 Å². The van der Waals surface area contributed by atoms with Crippen LogP contribution in [0.5, 0.6) is 0 Å². The maximum absolute atomic E-state index is 12.7. The van der Waals surface area contributed by atoms with Gasteiger partial charge in [-0.05, 0) is 62.5 Å². The minimum Gasteiger partial charge on any atom is -0.375 e. The zero-order valence-electron chi connectivity index (χ0n) is 18.2. The summed E-state index contributed by atoms with van der Waals surface area (Å²) in [7, 11) is 0. The molecule has 1 atom stereocenters. The first-order valence-electron chi connectivity index (χ1n) is 11.8. The molecule has 1 spiro atoms. The number of hydrogen-bond donors (Lipinski definition) is 0. The second-order valence-corrected chi connectivity index (χ2v) is 9.58. The molecule has 0 radical (unpaired) electrons. The smallest absolute Gasteiger partial charge is 0.227 e. The molecule has 3 fully saturated rings. The van der Waals surface area contributed by atoms with Gasteiger partial charge in [0, 0.05) is 50.5 Å². The van der Waals surface area contributed by atoms with Gasteiger partial charge in [0.2, 0.25) is 17.6 Å². The van der Waals surface area contributed by atoms with Crippen LogP contribution in [0.4, 0.5) is 0 Å². The lowest BCUT2D eigenvalue weighted by Gasteiger charge is -2.46. The van der Waals surface area contributed by atoms with Gasteiger partial charge >= 0.3 is 0 Å². The number of rotatable bonds is 5. The van der Waals surface area contributed by atoms with E-state index in [4.69, 9.17) is 9.26 Å². The molecule has 31 heavy (non-hydrogen) atoms. The first kappa shape index (κ1) is 20.6. The first-order chi connectivity index (χ1) is 15.2. The Bertz CT molecular complexity index is 870. The van der Waals surface area contributed by atoms with E-state index in [1.165, 1.54) is 25.7 Å². The molecular weight excluding hydrogens is 392 g/mol. The fourth-order valence-electron chi connectivity index (χ4n) is 5.60. The molecule has 4 heterocycles. The third kappa shape index (κ3) is 4.81. The van der Waals surface area contributed by atoms with Crippen molar-refractivity contribution < 1.29 is 14.1 Å². The number of nitrogens with zero attached hydrogens (tertiary/aromatic N) is 4. The molecule has 3 aliphatic rings. The summed E-state index contributed by atoms with van der Waals surface area (Å²) in [4.78, 5) is 23.5. The topological polar surface area (TPSA) is 81.4 Å². The lowest BCUT2D eigenvalue weighted by atomic mass is 9.78. The predicted molar refractivity (Wildman–Crippen MR) is 115 cm³/mol. The van der Waals surface area contributed by atoms with Gasteiger partial charge in [-0.15, -0.1) is 0 Å². The van der Waals surface area contributed by atoms with E-state index in [9.17, 15) is 4.79 Å². The molecule has 2 aromatic heterocycles. The quantitative estimate of drug-likeness (QED) is 0.720. The van der Waals surface area contributed by atoms with Gasteiger partial charge in [0.05, 0.1) is 5.60 Å². The standard InChI is InChI=1S/C24H32N4O3/c29-22(15-18-4-1-2-5-18)28-11-8-24(9-12-28)16-19(7-13-30-24)14-21-26-23(27-31-21)20-6-3-10-25-17-20/h3,6,10,17-19H,1-2,4-5,7-9,11-16H2/t19-/m1/s1. The van der Waals surface area contributed by atoms with E-state index in [0.717, 1.165) is 63.8 Å². The summed E-state index contributed by atoms with van der Waals surface area (Å²) in [5.41, 5.74) is 0.773. The van der Waals surface area contributed by atoms with Gasteiger partial charge < -0.3 is 14.2 Å². The van der Waals surface area contributed by atoms with Crippen LogP contribution in [0.1, 0.15) is 63.7 Å². The highest BCUT2D eigenvalue weighted by Gasteiger charge is 2.41. The van der Waals surface area contributed by atoms with Crippen LogP contribution in [0.25, 0.3) is 11.4 Å². The van der Waals surface area contributed by atoms with Crippen molar-refractivity contribution in [3.05, 3.63) is 30.4 Å². The Labute approximate surface area is 183 Å². The molecule has 1 saturated carbocycles. The number of pyridine rings is 1. The van der Waals surface area contributed by atoms with Crippen molar-refractivity contribution in [1.82, 2.24) is 20.0 Å². The van der Waals surface area contributed by atoms with Gasteiger partial charge in [0.25, 0.3) is 0 Å². The molecule has 0 unspecified atom stereocenters. The van der Waals surface area contributed by atoms with Crippen LogP contribution in [0.3, 0.4) is 0 Å². The van der Waals surface area contributed by atoms with Crippen molar-refractivity contribution in [2.75, 3.05) is 19.7 Å². The van der Waals surface area contributed by atoms with Crippen LogP contribution in [0.2, 0.25) is 0 Å². The van der Waals surface area contributed by atoms with E-state index in [1.54, 1.807) is 12.4 Å². The van der Waals surface area contributed by atoms with E-state index in [2.05, 4.69) is 20.0 Å². The molecule has 166 valence electrons. The summed E-state index contributed by atoms with van der Waals surface area (Å²) < 4.78 is 11.8.